The molecule has 23 heavy (non-hydrogen) atoms. The highest BCUT2D eigenvalue weighted by Crippen LogP contribution is 2.21. The number of hydrogen-bond acceptors (Lipinski definition) is 3. The van der Waals surface area contributed by atoms with Gasteiger partial charge in [0.2, 0.25) is 0 Å². The molecule has 1 aromatic carbocycles. The molecule has 0 bridgehead atoms. The first kappa shape index (κ1) is 18.2. The Bertz CT molecular complexity index is 478. The molecular formula is C20H32N2O. The highest BCUT2D eigenvalue weighted by Gasteiger charge is 2.28. The topological polar surface area (TPSA) is 26.7 Å². The van der Waals surface area contributed by atoms with Crippen LogP contribution in [0.5, 0.6) is 0 Å². The van der Waals surface area contributed by atoms with Gasteiger partial charge in [-0.05, 0) is 17.4 Å². The highest BCUT2D eigenvalue weighted by molar-refractivity contribution is 5.48. The van der Waals surface area contributed by atoms with Crippen molar-refractivity contribution in [1.29, 1.82) is 0 Å². The van der Waals surface area contributed by atoms with Gasteiger partial charge in [-0.1, -0.05) is 63.3 Å². The number of nitrogens with zero attached hydrogens (tertiary/aromatic N) is 2. The molecule has 1 saturated heterocycles. The van der Waals surface area contributed by atoms with Crippen molar-refractivity contribution in [3.05, 3.63) is 42.0 Å². The lowest BCUT2D eigenvalue weighted by molar-refractivity contribution is 0.0420. The molecule has 1 aliphatic rings. The zero-order valence-electron chi connectivity index (χ0n) is 14.9. The largest absolute Gasteiger partial charge is 0.396 e. The summed E-state index contributed by atoms with van der Waals surface area (Å²) in [4.78, 5) is 5.06. The Labute approximate surface area is 141 Å². The molecule has 0 aliphatic carbocycles. The summed E-state index contributed by atoms with van der Waals surface area (Å²) in [5, 5.41) is 9.39. The van der Waals surface area contributed by atoms with Gasteiger partial charge in [0.25, 0.3) is 0 Å². The van der Waals surface area contributed by atoms with Crippen LogP contribution in [0.2, 0.25) is 0 Å². The second-order valence-corrected chi connectivity index (χ2v) is 7.77. The van der Waals surface area contributed by atoms with E-state index in [4.69, 9.17) is 0 Å². The van der Waals surface area contributed by atoms with Gasteiger partial charge in [0, 0.05) is 45.4 Å². The van der Waals surface area contributed by atoms with E-state index in [1.165, 1.54) is 5.56 Å². The first-order valence-electron chi connectivity index (χ1n) is 8.77. The summed E-state index contributed by atoms with van der Waals surface area (Å²) in [5.74, 6) is 0. The molecule has 0 radical (unpaired) electrons. The quantitative estimate of drug-likeness (QED) is 0.873. The third-order valence-electron chi connectivity index (χ3n) is 4.30. The van der Waals surface area contributed by atoms with Crippen molar-refractivity contribution in [3.8, 4) is 0 Å². The lowest BCUT2D eigenvalue weighted by Gasteiger charge is -2.43. The first-order valence-corrected chi connectivity index (χ1v) is 8.77. The molecule has 0 aromatic heterocycles. The van der Waals surface area contributed by atoms with Gasteiger partial charge >= 0.3 is 0 Å². The van der Waals surface area contributed by atoms with E-state index >= 15 is 0 Å². The standard InChI is InChI=1S/C20H32N2O/c1-20(2,3)17-22-14-13-21(16-19(22)11-15-23)12-7-10-18-8-5-4-6-9-18/h4-10,19,23H,11-17H2,1-3H3/b10-7+. The lowest BCUT2D eigenvalue weighted by atomic mass is 9.94. The van der Waals surface area contributed by atoms with E-state index in [0.29, 0.717) is 11.5 Å². The molecule has 1 fully saturated rings. The van der Waals surface area contributed by atoms with Crippen molar-refractivity contribution in [2.75, 3.05) is 39.3 Å². The molecule has 1 unspecified atom stereocenters. The fourth-order valence-corrected chi connectivity index (χ4v) is 3.27. The normalized spacial score (nSPS) is 21.1. The monoisotopic (exact) mass is 316 g/mol. The van der Waals surface area contributed by atoms with E-state index in [9.17, 15) is 5.11 Å². The Balaban J connectivity index is 1.87. The Kier molecular flexibility index (Phi) is 6.82. The molecule has 3 heteroatoms. The van der Waals surface area contributed by atoms with Gasteiger partial charge in [0.05, 0.1) is 0 Å². The van der Waals surface area contributed by atoms with Crippen LogP contribution in [0.1, 0.15) is 32.8 Å². The van der Waals surface area contributed by atoms with Crippen LogP contribution < -0.4 is 0 Å². The molecule has 1 atom stereocenters. The molecule has 0 amide bonds. The average molecular weight is 316 g/mol. The van der Waals surface area contributed by atoms with Gasteiger partial charge in [0.15, 0.2) is 0 Å². The molecule has 1 N–H and O–H groups in total. The van der Waals surface area contributed by atoms with E-state index in [2.05, 4.69) is 67.0 Å². The van der Waals surface area contributed by atoms with Crippen LogP contribution in [0.4, 0.5) is 0 Å². The van der Waals surface area contributed by atoms with Crippen molar-refractivity contribution in [3.63, 3.8) is 0 Å². The maximum Gasteiger partial charge on any atom is 0.0446 e. The molecule has 1 aliphatic heterocycles. The molecule has 128 valence electrons. The SMILES string of the molecule is CC(C)(C)CN1CCN(C/C=C/c2ccccc2)CC1CCO. The summed E-state index contributed by atoms with van der Waals surface area (Å²) in [7, 11) is 0. The molecular weight excluding hydrogens is 284 g/mol. The zero-order chi connectivity index (χ0) is 16.7. The number of aliphatic hydroxyl groups is 1. The van der Waals surface area contributed by atoms with Crippen molar-refractivity contribution >= 4 is 6.08 Å². The van der Waals surface area contributed by atoms with Crippen LogP contribution in [0.3, 0.4) is 0 Å². The first-order chi connectivity index (χ1) is 11.0. The number of rotatable bonds is 6. The lowest BCUT2D eigenvalue weighted by Crippen LogP contribution is -2.55. The van der Waals surface area contributed by atoms with Gasteiger partial charge in [-0.2, -0.15) is 0 Å². The van der Waals surface area contributed by atoms with Crippen molar-refractivity contribution < 1.29 is 5.11 Å². The van der Waals surface area contributed by atoms with Crippen LogP contribution in [0.25, 0.3) is 6.08 Å². The maximum atomic E-state index is 9.39. The molecule has 2 rings (SSSR count). The third kappa shape index (κ3) is 6.46. The molecule has 0 saturated carbocycles. The summed E-state index contributed by atoms with van der Waals surface area (Å²) < 4.78 is 0. The summed E-state index contributed by atoms with van der Waals surface area (Å²) >= 11 is 0. The number of piperazine rings is 1. The summed E-state index contributed by atoms with van der Waals surface area (Å²) in [5.41, 5.74) is 1.56. The van der Waals surface area contributed by atoms with Crippen molar-refractivity contribution in [2.45, 2.75) is 33.2 Å². The smallest absolute Gasteiger partial charge is 0.0446 e. The van der Waals surface area contributed by atoms with Crippen LogP contribution in [0, 0.1) is 5.41 Å². The minimum atomic E-state index is 0.277. The zero-order valence-corrected chi connectivity index (χ0v) is 14.9. The average Bonchev–Trinajstić information content (AvgIpc) is 2.50. The predicted molar refractivity (Wildman–Crippen MR) is 98.4 cm³/mol. The fourth-order valence-electron chi connectivity index (χ4n) is 3.27. The van der Waals surface area contributed by atoms with E-state index in [-0.39, 0.29) is 6.61 Å². The van der Waals surface area contributed by atoms with E-state index in [1.807, 2.05) is 6.07 Å². The molecule has 3 nitrogen and oxygen atoms in total. The minimum absolute atomic E-state index is 0.277. The Morgan fingerprint density at radius 3 is 2.57 bits per heavy atom. The van der Waals surface area contributed by atoms with Crippen LogP contribution >= 0.6 is 0 Å². The Morgan fingerprint density at radius 2 is 1.91 bits per heavy atom. The number of benzene rings is 1. The second kappa shape index (κ2) is 8.62. The van der Waals surface area contributed by atoms with E-state index < -0.39 is 0 Å². The summed E-state index contributed by atoms with van der Waals surface area (Å²) in [6.45, 7) is 12.5. The van der Waals surface area contributed by atoms with Gasteiger partial charge in [0.1, 0.15) is 0 Å². The minimum Gasteiger partial charge on any atom is -0.396 e. The highest BCUT2D eigenvalue weighted by atomic mass is 16.3. The molecule has 1 heterocycles. The van der Waals surface area contributed by atoms with Crippen molar-refractivity contribution in [1.82, 2.24) is 9.80 Å². The van der Waals surface area contributed by atoms with E-state index in [1.54, 1.807) is 0 Å². The van der Waals surface area contributed by atoms with Gasteiger partial charge in [-0.25, -0.2) is 0 Å². The van der Waals surface area contributed by atoms with Crippen molar-refractivity contribution in [2.24, 2.45) is 5.41 Å². The fraction of sp³-hybridized carbons (Fsp3) is 0.600. The second-order valence-electron chi connectivity index (χ2n) is 7.77. The summed E-state index contributed by atoms with van der Waals surface area (Å²) in [6.07, 6.45) is 5.32. The summed E-state index contributed by atoms with van der Waals surface area (Å²) in [6, 6.07) is 10.9. The van der Waals surface area contributed by atoms with Crippen LogP contribution in [-0.2, 0) is 0 Å². The van der Waals surface area contributed by atoms with E-state index in [0.717, 1.165) is 39.1 Å². The Morgan fingerprint density at radius 1 is 1.17 bits per heavy atom. The Hall–Kier alpha value is -1.16. The van der Waals surface area contributed by atoms with Crippen LogP contribution in [-0.4, -0.2) is 60.3 Å². The molecule has 1 aromatic rings. The predicted octanol–water partition coefficient (Wildman–Crippen LogP) is 3.11. The number of hydrogen-bond donors (Lipinski definition) is 1. The van der Waals surface area contributed by atoms with Gasteiger partial charge in [-0.15, -0.1) is 0 Å². The number of aliphatic hydroxyl groups excluding tert-OH is 1. The van der Waals surface area contributed by atoms with Crippen LogP contribution in [0.15, 0.2) is 36.4 Å². The third-order valence-corrected chi connectivity index (χ3v) is 4.30. The maximum absolute atomic E-state index is 9.39. The van der Waals surface area contributed by atoms with Gasteiger partial charge < -0.3 is 5.11 Å². The molecule has 0 spiro atoms. The van der Waals surface area contributed by atoms with Gasteiger partial charge in [-0.3, -0.25) is 9.80 Å².